The third-order valence-corrected chi connectivity index (χ3v) is 3.01. The molecule has 0 spiro atoms. The van der Waals surface area contributed by atoms with Crippen molar-refractivity contribution >= 4 is 21.8 Å². The molecule has 0 atom stereocenters. The summed E-state index contributed by atoms with van der Waals surface area (Å²) in [6.07, 6.45) is 3.68. The van der Waals surface area contributed by atoms with Gasteiger partial charge in [0.25, 0.3) is 5.91 Å². The first-order chi connectivity index (χ1) is 9.08. The van der Waals surface area contributed by atoms with E-state index in [9.17, 15) is 13.6 Å². The molecule has 0 saturated carbocycles. The normalized spacial score (nSPS) is 10.5. The van der Waals surface area contributed by atoms with Crippen molar-refractivity contribution in [3.63, 3.8) is 0 Å². The topological polar surface area (TPSA) is 34.0 Å². The number of hydrogen-bond acceptors (Lipinski definition) is 1. The summed E-state index contributed by atoms with van der Waals surface area (Å²) in [7, 11) is 0. The van der Waals surface area contributed by atoms with E-state index in [1.165, 1.54) is 0 Å². The molecule has 100 valence electrons. The molecule has 19 heavy (non-hydrogen) atoms. The SMILES string of the molecule is O=C(NCCn1cccc1)c1c(F)cc(Br)cc1F. The first-order valence-electron chi connectivity index (χ1n) is 5.61. The summed E-state index contributed by atoms with van der Waals surface area (Å²) >= 11 is 2.96. The third-order valence-electron chi connectivity index (χ3n) is 2.56. The molecule has 0 aliphatic rings. The van der Waals surface area contributed by atoms with Crippen LogP contribution in [-0.2, 0) is 6.54 Å². The maximum Gasteiger partial charge on any atom is 0.257 e. The summed E-state index contributed by atoms with van der Waals surface area (Å²) in [5, 5.41) is 2.48. The molecule has 1 aromatic carbocycles. The minimum atomic E-state index is -0.884. The van der Waals surface area contributed by atoms with Crippen LogP contribution in [0.15, 0.2) is 41.1 Å². The number of hydrogen-bond donors (Lipinski definition) is 1. The van der Waals surface area contributed by atoms with Gasteiger partial charge in [0, 0.05) is 30.0 Å². The molecule has 0 aliphatic carbocycles. The number of carbonyl (C=O) groups is 1. The Hall–Kier alpha value is -1.69. The molecular formula is C13H11BrF2N2O. The lowest BCUT2D eigenvalue weighted by Crippen LogP contribution is -2.28. The monoisotopic (exact) mass is 328 g/mol. The number of carbonyl (C=O) groups excluding carboxylic acids is 1. The standard InChI is InChI=1S/C13H11BrF2N2O/c14-9-7-10(15)12(11(16)8-9)13(19)17-3-6-18-4-1-2-5-18/h1-2,4-5,7-8H,3,6H2,(H,17,19). The Kier molecular flexibility index (Phi) is 4.31. The summed E-state index contributed by atoms with van der Waals surface area (Å²) in [4.78, 5) is 11.7. The summed E-state index contributed by atoms with van der Waals surface area (Å²) < 4.78 is 29.2. The lowest BCUT2D eigenvalue weighted by atomic mass is 10.2. The Labute approximate surface area is 117 Å². The van der Waals surface area contributed by atoms with E-state index in [2.05, 4.69) is 21.2 Å². The lowest BCUT2D eigenvalue weighted by Gasteiger charge is -2.08. The van der Waals surface area contributed by atoms with Gasteiger partial charge in [0.1, 0.15) is 17.2 Å². The highest BCUT2D eigenvalue weighted by Crippen LogP contribution is 2.19. The van der Waals surface area contributed by atoms with E-state index in [1.807, 2.05) is 29.1 Å². The van der Waals surface area contributed by atoms with Crippen molar-refractivity contribution in [1.29, 1.82) is 0 Å². The number of amides is 1. The van der Waals surface area contributed by atoms with Crippen LogP contribution in [0.25, 0.3) is 0 Å². The van der Waals surface area contributed by atoms with Gasteiger partial charge in [0.15, 0.2) is 0 Å². The van der Waals surface area contributed by atoms with Gasteiger partial charge in [-0.2, -0.15) is 0 Å². The highest BCUT2D eigenvalue weighted by molar-refractivity contribution is 9.10. The first-order valence-corrected chi connectivity index (χ1v) is 6.40. The van der Waals surface area contributed by atoms with Crippen molar-refractivity contribution in [2.45, 2.75) is 6.54 Å². The number of aromatic nitrogens is 1. The molecule has 0 saturated heterocycles. The van der Waals surface area contributed by atoms with Gasteiger partial charge < -0.3 is 9.88 Å². The minimum absolute atomic E-state index is 0.256. The first kappa shape index (κ1) is 13.7. The molecule has 0 unspecified atom stereocenters. The number of nitrogens with one attached hydrogen (secondary N) is 1. The molecule has 0 aliphatic heterocycles. The quantitative estimate of drug-likeness (QED) is 0.919. The van der Waals surface area contributed by atoms with Crippen LogP contribution in [0.4, 0.5) is 8.78 Å². The Morgan fingerprint density at radius 1 is 1.21 bits per heavy atom. The van der Waals surface area contributed by atoms with E-state index < -0.39 is 23.1 Å². The second-order valence-corrected chi connectivity index (χ2v) is 4.84. The van der Waals surface area contributed by atoms with Gasteiger partial charge in [-0.1, -0.05) is 15.9 Å². The number of benzene rings is 1. The van der Waals surface area contributed by atoms with Crippen molar-refractivity contribution in [1.82, 2.24) is 9.88 Å². The summed E-state index contributed by atoms with van der Waals surface area (Å²) in [6, 6.07) is 5.83. The fourth-order valence-electron chi connectivity index (χ4n) is 1.67. The lowest BCUT2D eigenvalue weighted by molar-refractivity contribution is 0.0944. The summed E-state index contributed by atoms with van der Waals surface area (Å²) in [5.74, 6) is -2.52. The molecule has 2 rings (SSSR count). The Balaban J connectivity index is 2.00. The van der Waals surface area contributed by atoms with Crippen LogP contribution < -0.4 is 5.32 Å². The van der Waals surface area contributed by atoms with Crippen LogP contribution in [0, 0.1) is 11.6 Å². The summed E-state index contributed by atoms with van der Waals surface area (Å²) in [5.41, 5.74) is -0.560. The molecule has 6 heteroatoms. The largest absolute Gasteiger partial charge is 0.353 e. The van der Waals surface area contributed by atoms with Gasteiger partial charge in [-0.15, -0.1) is 0 Å². The number of nitrogens with zero attached hydrogens (tertiary/aromatic N) is 1. The highest BCUT2D eigenvalue weighted by Gasteiger charge is 2.17. The van der Waals surface area contributed by atoms with Gasteiger partial charge in [0.05, 0.1) is 0 Å². The number of rotatable bonds is 4. The highest BCUT2D eigenvalue weighted by atomic mass is 79.9. The smallest absolute Gasteiger partial charge is 0.257 e. The van der Waals surface area contributed by atoms with E-state index in [-0.39, 0.29) is 4.47 Å². The average molecular weight is 329 g/mol. The van der Waals surface area contributed by atoms with Crippen LogP contribution in [-0.4, -0.2) is 17.0 Å². The zero-order valence-corrected chi connectivity index (χ0v) is 11.5. The molecule has 2 aromatic rings. The second-order valence-electron chi connectivity index (χ2n) is 3.92. The summed E-state index contributed by atoms with van der Waals surface area (Å²) in [6.45, 7) is 0.834. The third kappa shape index (κ3) is 3.41. The predicted molar refractivity (Wildman–Crippen MR) is 70.8 cm³/mol. The van der Waals surface area contributed by atoms with E-state index in [1.54, 1.807) is 0 Å². The van der Waals surface area contributed by atoms with E-state index in [4.69, 9.17) is 0 Å². The zero-order chi connectivity index (χ0) is 13.8. The molecule has 0 fully saturated rings. The van der Waals surface area contributed by atoms with Crippen molar-refractivity contribution in [3.8, 4) is 0 Å². The minimum Gasteiger partial charge on any atom is -0.353 e. The van der Waals surface area contributed by atoms with Crippen LogP contribution in [0.5, 0.6) is 0 Å². The van der Waals surface area contributed by atoms with Gasteiger partial charge in [0.2, 0.25) is 0 Å². The number of halogens is 3. The van der Waals surface area contributed by atoms with Gasteiger partial charge in [-0.3, -0.25) is 4.79 Å². The fraction of sp³-hybridized carbons (Fsp3) is 0.154. The molecule has 0 bridgehead atoms. The maximum absolute atomic E-state index is 13.5. The van der Waals surface area contributed by atoms with Crippen molar-refractivity contribution in [2.24, 2.45) is 0 Å². The van der Waals surface area contributed by atoms with E-state index in [0.717, 1.165) is 12.1 Å². The van der Waals surface area contributed by atoms with Crippen LogP contribution in [0.3, 0.4) is 0 Å². The van der Waals surface area contributed by atoms with Gasteiger partial charge >= 0.3 is 0 Å². The van der Waals surface area contributed by atoms with Crippen LogP contribution >= 0.6 is 15.9 Å². The second kappa shape index (κ2) is 5.97. The van der Waals surface area contributed by atoms with Crippen molar-refractivity contribution in [2.75, 3.05) is 6.54 Å². The van der Waals surface area contributed by atoms with E-state index in [0.29, 0.717) is 13.1 Å². The van der Waals surface area contributed by atoms with E-state index >= 15 is 0 Å². The molecule has 0 radical (unpaired) electrons. The van der Waals surface area contributed by atoms with Crippen molar-refractivity contribution < 1.29 is 13.6 Å². The molecule has 3 nitrogen and oxygen atoms in total. The average Bonchev–Trinajstić information content (AvgIpc) is 2.80. The Morgan fingerprint density at radius 3 is 2.37 bits per heavy atom. The molecule has 1 amide bonds. The maximum atomic E-state index is 13.5. The Bertz CT molecular complexity index is 561. The van der Waals surface area contributed by atoms with Gasteiger partial charge in [-0.25, -0.2) is 8.78 Å². The molecule has 1 N–H and O–H groups in total. The van der Waals surface area contributed by atoms with Gasteiger partial charge in [-0.05, 0) is 24.3 Å². The van der Waals surface area contributed by atoms with Crippen LogP contribution in [0.2, 0.25) is 0 Å². The van der Waals surface area contributed by atoms with Crippen molar-refractivity contribution in [3.05, 3.63) is 58.3 Å². The predicted octanol–water partition coefficient (Wildman–Crippen LogP) is 2.96. The molecular weight excluding hydrogens is 318 g/mol. The Morgan fingerprint density at radius 2 is 1.79 bits per heavy atom. The van der Waals surface area contributed by atoms with Crippen LogP contribution in [0.1, 0.15) is 10.4 Å². The zero-order valence-electron chi connectivity index (χ0n) is 9.87. The molecule has 1 heterocycles. The molecule has 1 aromatic heterocycles. The fourth-order valence-corrected chi connectivity index (χ4v) is 2.07.